The average Bonchev–Trinajstić information content (AvgIpc) is 3.10. The summed E-state index contributed by atoms with van der Waals surface area (Å²) in [6.07, 6.45) is 5.38. The van der Waals surface area contributed by atoms with Crippen molar-refractivity contribution in [3.8, 4) is 0 Å². The van der Waals surface area contributed by atoms with Gasteiger partial charge in [0.1, 0.15) is 12.1 Å². The van der Waals surface area contributed by atoms with Crippen LogP contribution in [0.3, 0.4) is 0 Å². The highest BCUT2D eigenvalue weighted by Gasteiger charge is 2.23. The molecule has 0 bridgehead atoms. The molecule has 2 rings (SSSR count). The first-order valence-electron chi connectivity index (χ1n) is 9.34. The molecule has 0 radical (unpaired) electrons. The van der Waals surface area contributed by atoms with Crippen LogP contribution in [0, 0.1) is 0 Å². The van der Waals surface area contributed by atoms with Gasteiger partial charge in [-0.15, -0.1) is 0 Å². The highest BCUT2D eigenvalue weighted by molar-refractivity contribution is 5.96. The number of imidazole rings is 1. The first-order valence-corrected chi connectivity index (χ1v) is 9.34. The SMILES string of the molecule is CN(C)CCN(CC(=O)OC(C)(C)C)C(=O)c1ccc(Cn2ccnc2)cc1. The normalized spacial score (nSPS) is 11.5. The summed E-state index contributed by atoms with van der Waals surface area (Å²) in [6.45, 7) is 7.17. The van der Waals surface area contributed by atoms with E-state index in [1.165, 1.54) is 0 Å². The first kappa shape index (κ1) is 21.6. The van der Waals surface area contributed by atoms with Gasteiger partial charge in [-0.05, 0) is 52.6 Å². The van der Waals surface area contributed by atoms with Crippen LogP contribution in [0.2, 0.25) is 0 Å². The Morgan fingerprint density at radius 3 is 2.32 bits per heavy atom. The highest BCUT2D eigenvalue weighted by atomic mass is 16.6. The van der Waals surface area contributed by atoms with Gasteiger partial charge in [0, 0.05) is 37.6 Å². The molecule has 7 nitrogen and oxygen atoms in total. The van der Waals surface area contributed by atoms with E-state index < -0.39 is 11.6 Å². The third-order valence-corrected chi connectivity index (χ3v) is 3.97. The van der Waals surface area contributed by atoms with Gasteiger partial charge in [-0.25, -0.2) is 4.98 Å². The molecule has 1 aromatic heterocycles. The Kier molecular flexibility index (Phi) is 7.34. The number of nitrogens with zero attached hydrogens (tertiary/aromatic N) is 4. The molecule has 0 atom stereocenters. The van der Waals surface area contributed by atoms with Crippen LogP contribution in [0.4, 0.5) is 0 Å². The van der Waals surface area contributed by atoms with Gasteiger partial charge in [0.25, 0.3) is 5.91 Å². The second-order valence-corrected chi connectivity index (χ2v) is 8.05. The number of amides is 1. The molecular formula is C21H30N4O3. The molecular weight excluding hydrogens is 356 g/mol. The summed E-state index contributed by atoms with van der Waals surface area (Å²) in [5.41, 5.74) is 1.04. The van der Waals surface area contributed by atoms with Crippen molar-refractivity contribution < 1.29 is 14.3 Å². The summed E-state index contributed by atoms with van der Waals surface area (Å²) >= 11 is 0. The highest BCUT2D eigenvalue weighted by Crippen LogP contribution is 2.12. The van der Waals surface area contributed by atoms with Crippen molar-refractivity contribution in [3.05, 3.63) is 54.1 Å². The molecule has 0 N–H and O–H groups in total. The van der Waals surface area contributed by atoms with Crippen LogP contribution in [-0.4, -0.2) is 70.6 Å². The minimum Gasteiger partial charge on any atom is -0.459 e. The van der Waals surface area contributed by atoms with Crippen LogP contribution in [0.5, 0.6) is 0 Å². The van der Waals surface area contributed by atoms with Crippen molar-refractivity contribution in [1.82, 2.24) is 19.4 Å². The van der Waals surface area contributed by atoms with Crippen LogP contribution in [0.15, 0.2) is 43.0 Å². The second-order valence-electron chi connectivity index (χ2n) is 8.05. The van der Waals surface area contributed by atoms with Crippen LogP contribution in [-0.2, 0) is 16.1 Å². The zero-order chi connectivity index (χ0) is 20.7. The van der Waals surface area contributed by atoms with Gasteiger partial charge in [0.15, 0.2) is 0 Å². The number of likely N-dealkylation sites (N-methyl/N-ethyl adjacent to an activating group) is 1. The van der Waals surface area contributed by atoms with Crippen LogP contribution < -0.4 is 0 Å². The molecule has 28 heavy (non-hydrogen) atoms. The molecule has 0 aliphatic rings. The number of ether oxygens (including phenoxy) is 1. The van der Waals surface area contributed by atoms with E-state index >= 15 is 0 Å². The van der Waals surface area contributed by atoms with Gasteiger partial charge in [-0.2, -0.15) is 0 Å². The Balaban J connectivity index is 2.08. The fourth-order valence-electron chi connectivity index (χ4n) is 2.63. The number of aromatic nitrogens is 2. The van der Waals surface area contributed by atoms with Gasteiger partial charge in [-0.3, -0.25) is 9.59 Å². The number of rotatable bonds is 8. The summed E-state index contributed by atoms with van der Waals surface area (Å²) < 4.78 is 7.34. The lowest BCUT2D eigenvalue weighted by atomic mass is 10.1. The summed E-state index contributed by atoms with van der Waals surface area (Å²) in [7, 11) is 3.86. The molecule has 0 fully saturated rings. The van der Waals surface area contributed by atoms with Crippen LogP contribution >= 0.6 is 0 Å². The smallest absolute Gasteiger partial charge is 0.326 e. The van der Waals surface area contributed by atoms with E-state index in [0.717, 1.165) is 5.56 Å². The van der Waals surface area contributed by atoms with Crippen molar-refractivity contribution in [2.24, 2.45) is 0 Å². The predicted molar refractivity (Wildman–Crippen MR) is 108 cm³/mol. The summed E-state index contributed by atoms with van der Waals surface area (Å²) in [4.78, 5) is 32.8. The summed E-state index contributed by atoms with van der Waals surface area (Å²) in [6, 6.07) is 7.44. The minimum absolute atomic E-state index is 0.0687. The number of benzene rings is 1. The fourth-order valence-corrected chi connectivity index (χ4v) is 2.63. The zero-order valence-corrected chi connectivity index (χ0v) is 17.4. The molecule has 1 amide bonds. The monoisotopic (exact) mass is 386 g/mol. The van der Waals surface area contributed by atoms with E-state index in [2.05, 4.69) is 4.98 Å². The molecule has 0 saturated heterocycles. The van der Waals surface area contributed by atoms with Crippen molar-refractivity contribution in [2.75, 3.05) is 33.7 Å². The Morgan fingerprint density at radius 1 is 1.11 bits per heavy atom. The predicted octanol–water partition coefficient (Wildman–Crippen LogP) is 2.28. The Hall–Kier alpha value is -2.67. The number of carbonyl (C=O) groups excluding carboxylic acids is 2. The fraction of sp³-hybridized carbons (Fsp3) is 0.476. The minimum atomic E-state index is -0.581. The number of esters is 1. The van der Waals surface area contributed by atoms with Crippen LogP contribution in [0.1, 0.15) is 36.7 Å². The van der Waals surface area contributed by atoms with E-state index in [9.17, 15) is 9.59 Å². The van der Waals surface area contributed by atoms with Crippen molar-refractivity contribution >= 4 is 11.9 Å². The molecule has 2 aromatic rings. The molecule has 0 saturated carbocycles. The van der Waals surface area contributed by atoms with Crippen molar-refractivity contribution in [3.63, 3.8) is 0 Å². The van der Waals surface area contributed by atoms with Gasteiger partial charge in [-0.1, -0.05) is 12.1 Å². The lowest BCUT2D eigenvalue weighted by molar-refractivity contribution is -0.155. The zero-order valence-electron chi connectivity index (χ0n) is 17.4. The maximum absolute atomic E-state index is 13.0. The van der Waals surface area contributed by atoms with Crippen molar-refractivity contribution in [2.45, 2.75) is 32.9 Å². The third-order valence-electron chi connectivity index (χ3n) is 3.97. The van der Waals surface area contributed by atoms with E-state index in [1.807, 2.05) is 62.7 Å². The lowest BCUT2D eigenvalue weighted by Crippen LogP contribution is -2.42. The molecule has 7 heteroatoms. The first-order chi connectivity index (χ1) is 13.1. The van der Waals surface area contributed by atoms with Gasteiger partial charge >= 0.3 is 5.97 Å². The van der Waals surface area contributed by atoms with Gasteiger partial charge < -0.3 is 19.1 Å². The molecule has 0 spiro atoms. The van der Waals surface area contributed by atoms with Crippen LogP contribution in [0.25, 0.3) is 0 Å². The van der Waals surface area contributed by atoms with E-state index in [1.54, 1.807) is 29.6 Å². The molecule has 1 heterocycles. The summed E-state index contributed by atoms with van der Waals surface area (Å²) in [5, 5.41) is 0. The maximum Gasteiger partial charge on any atom is 0.326 e. The topological polar surface area (TPSA) is 67.7 Å². The van der Waals surface area contributed by atoms with Crippen molar-refractivity contribution in [1.29, 1.82) is 0 Å². The van der Waals surface area contributed by atoms with E-state index in [4.69, 9.17) is 4.74 Å². The second kappa shape index (κ2) is 9.50. The number of carbonyl (C=O) groups is 2. The van der Waals surface area contributed by atoms with E-state index in [0.29, 0.717) is 25.2 Å². The molecule has 0 aliphatic heterocycles. The number of hydrogen-bond acceptors (Lipinski definition) is 5. The quantitative estimate of drug-likeness (QED) is 0.651. The standard InChI is InChI=1S/C21H30N4O3/c1-21(2,3)28-19(26)15-25(13-12-23(4)5)20(27)18-8-6-17(7-9-18)14-24-11-10-22-16-24/h6-11,16H,12-15H2,1-5H3. The maximum atomic E-state index is 13.0. The van der Waals surface area contributed by atoms with Gasteiger partial charge in [0.05, 0.1) is 6.33 Å². The Morgan fingerprint density at radius 2 is 1.79 bits per heavy atom. The molecule has 0 unspecified atom stereocenters. The molecule has 0 aliphatic carbocycles. The third kappa shape index (κ3) is 7.15. The van der Waals surface area contributed by atoms with E-state index in [-0.39, 0.29) is 12.5 Å². The summed E-state index contributed by atoms with van der Waals surface area (Å²) in [5.74, 6) is -0.585. The number of hydrogen-bond donors (Lipinski definition) is 0. The lowest BCUT2D eigenvalue weighted by Gasteiger charge is -2.26. The van der Waals surface area contributed by atoms with Gasteiger partial charge in [0.2, 0.25) is 0 Å². The Labute approximate surface area is 166 Å². The largest absolute Gasteiger partial charge is 0.459 e. The average molecular weight is 386 g/mol. The molecule has 1 aromatic carbocycles. The molecule has 152 valence electrons. The Bertz CT molecular complexity index is 762.